The number of aromatic hydroxyl groups is 1. The minimum Gasteiger partial charge on any atom is -0.508 e. The number of halogens is 4. The first-order chi connectivity index (χ1) is 23.7. The molecule has 5 aliphatic rings. The van der Waals surface area contributed by atoms with E-state index >= 15 is 13.2 Å². The average Bonchev–Trinajstić information content (AvgIpc) is 3.72. The van der Waals surface area contributed by atoms with E-state index in [1.807, 2.05) is 4.90 Å². The van der Waals surface area contributed by atoms with Gasteiger partial charge >= 0.3 is 6.01 Å². The van der Waals surface area contributed by atoms with Gasteiger partial charge in [-0.25, -0.2) is 17.6 Å². The fourth-order valence-corrected chi connectivity index (χ4v) is 9.06. The first kappa shape index (κ1) is 31.3. The number of hydrogen-bond donors (Lipinski definition) is 2. The van der Waals surface area contributed by atoms with Crippen LogP contribution in [0.4, 0.5) is 23.4 Å². The van der Waals surface area contributed by atoms with Crippen LogP contribution in [-0.4, -0.2) is 83.6 Å². The lowest BCUT2D eigenvalue weighted by molar-refractivity contribution is -0.00554. The van der Waals surface area contributed by atoms with Gasteiger partial charge in [-0.05, 0) is 81.0 Å². The second-order valence-electron chi connectivity index (χ2n) is 14.9. The van der Waals surface area contributed by atoms with Gasteiger partial charge in [-0.1, -0.05) is 6.07 Å². The van der Waals surface area contributed by atoms with Gasteiger partial charge in [-0.2, -0.15) is 9.97 Å². The number of ether oxygens (including phenoxy) is 2. The maximum Gasteiger partial charge on any atom is 0.319 e. The molecule has 4 unspecified atom stereocenters. The van der Waals surface area contributed by atoms with Crippen molar-refractivity contribution in [2.45, 2.75) is 81.6 Å². The van der Waals surface area contributed by atoms with Crippen LogP contribution < -0.4 is 15.0 Å². The monoisotopic (exact) mass is 677 g/mol. The number of phenols is 1. The van der Waals surface area contributed by atoms with E-state index in [2.05, 4.69) is 15.2 Å². The summed E-state index contributed by atoms with van der Waals surface area (Å²) in [5, 5.41) is 14.0. The standard InChI is InChI=1S/C37H39F4N5O3/c1-48-25-11-22-5-6-23(12-25)46(22)17-37(8-9-37)18-49-36-43-34-27(35(44-36)45-15-20-3-4-21(16-45)42-20)14-29(39)31(33(34)41)26-13-24(47)10-19-2-7-28(38)32(40)30(19)26/h2,7,10,13-14,20-23,25,42,47H,3-6,8-9,11-12,15-18H2,1H3. The van der Waals surface area contributed by atoms with E-state index in [1.165, 1.54) is 25.0 Å². The van der Waals surface area contributed by atoms with E-state index < -0.39 is 28.8 Å². The molecule has 5 heterocycles. The van der Waals surface area contributed by atoms with Crippen molar-refractivity contribution in [2.24, 2.45) is 5.41 Å². The zero-order chi connectivity index (χ0) is 33.6. The van der Waals surface area contributed by atoms with Crippen molar-refractivity contribution in [3.63, 3.8) is 0 Å². The molecule has 4 saturated heterocycles. The van der Waals surface area contributed by atoms with Gasteiger partial charge in [0.05, 0.1) is 18.3 Å². The second-order valence-corrected chi connectivity index (χ2v) is 14.9. The molecular formula is C37H39F4N5O3. The van der Waals surface area contributed by atoms with Gasteiger partial charge in [0.15, 0.2) is 17.5 Å². The van der Waals surface area contributed by atoms with Crippen molar-refractivity contribution >= 4 is 27.5 Å². The lowest BCUT2D eigenvalue weighted by atomic mass is 9.95. The number of hydrogen-bond acceptors (Lipinski definition) is 8. The van der Waals surface area contributed by atoms with Crippen molar-refractivity contribution in [1.82, 2.24) is 20.2 Å². The highest BCUT2D eigenvalue weighted by Crippen LogP contribution is 2.50. The molecule has 12 heteroatoms. The first-order valence-electron chi connectivity index (χ1n) is 17.4. The Morgan fingerprint density at radius 2 is 1.65 bits per heavy atom. The molecule has 8 nitrogen and oxygen atoms in total. The molecule has 1 aliphatic carbocycles. The Labute approximate surface area is 281 Å². The third kappa shape index (κ3) is 5.38. The Balaban J connectivity index is 1.11. The van der Waals surface area contributed by atoms with E-state index in [0.29, 0.717) is 43.7 Å². The van der Waals surface area contributed by atoms with Gasteiger partial charge in [-0.15, -0.1) is 0 Å². The smallest absolute Gasteiger partial charge is 0.319 e. The van der Waals surface area contributed by atoms with Gasteiger partial charge in [0.25, 0.3) is 0 Å². The van der Waals surface area contributed by atoms with Gasteiger partial charge in [0, 0.05) is 72.7 Å². The Bertz CT molecular complexity index is 1950. The Morgan fingerprint density at radius 1 is 0.918 bits per heavy atom. The molecule has 5 fully saturated rings. The fraction of sp³-hybridized carbons (Fsp3) is 0.514. The highest BCUT2D eigenvalue weighted by Gasteiger charge is 2.50. The maximum atomic E-state index is 16.8. The molecule has 0 radical (unpaired) electrons. The number of fused-ring (bicyclic) bond motifs is 6. The van der Waals surface area contributed by atoms with Gasteiger partial charge in [0.1, 0.15) is 22.9 Å². The van der Waals surface area contributed by atoms with E-state index in [9.17, 15) is 9.50 Å². The number of nitrogens with zero attached hydrogens (tertiary/aromatic N) is 4. The third-order valence-electron chi connectivity index (χ3n) is 11.8. The number of phenolic OH excluding ortho intramolecular Hbond substituents is 1. The van der Waals surface area contributed by atoms with Crippen LogP contribution in [0.3, 0.4) is 0 Å². The molecule has 4 aliphatic heterocycles. The molecule has 0 amide bonds. The minimum atomic E-state index is -1.26. The second kappa shape index (κ2) is 11.7. The maximum absolute atomic E-state index is 16.8. The summed E-state index contributed by atoms with van der Waals surface area (Å²) in [6, 6.07) is 7.06. The highest BCUT2D eigenvalue weighted by atomic mass is 19.2. The first-order valence-corrected chi connectivity index (χ1v) is 17.4. The van der Waals surface area contributed by atoms with Crippen LogP contribution in [0.2, 0.25) is 0 Å². The van der Waals surface area contributed by atoms with Crippen molar-refractivity contribution < 1.29 is 32.1 Å². The molecule has 258 valence electrons. The SMILES string of the molecule is COC1CC2CCC(C1)N2CC1(COc2nc(N3CC4CCC(C3)N4)c3cc(F)c(-c4cc(O)cc5ccc(F)c(F)c45)c(F)c3n2)CC1. The Kier molecular flexibility index (Phi) is 7.44. The molecule has 1 aromatic heterocycles. The third-order valence-corrected chi connectivity index (χ3v) is 11.8. The lowest BCUT2D eigenvalue weighted by Gasteiger charge is -2.40. The van der Waals surface area contributed by atoms with Gasteiger partial charge in [-0.3, -0.25) is 4.90 Å². The average molecular weight is 678 g/mol. The summed E-state index contributed by atoms with van der Waals surface area (Å²) in [5.74, 6) is -4.45. The lowest BCUT2D eigenvalue weighted by Crippen LogP contribution is -2.51. The van der Waals surface area contributed by atoms with Crippen LogP contribution in [-0.2, 0) is 4.74 Å². The van der Waals surface area contributed by atoms with Gasteiger partial charge in [0.2, 0.25) is 0 Å². The molecule has 3 aromatic carbocycles. The molecule has 4 bridgehead atoms. The van der Waals surface area contributed by atoms with Crippen molar-refractivity contribution in [2.75, 3.05) is 38.3 Å². The summed E-state index contributed by atoms with van der Waals surface area (Å²) >= 11 is 0. The number of piperazine rings is 1. The zero-order valence-corrected chi connectivity index (χ0v) is 27.3. The van der Waals surface area contributed by atoms with Crippen LogP contribution in [0.25, 0.3) is 32.8 Å². The molecule has 2 N–H and O–H groups in total. The summed E-state index contributed by atoms with van der Waals surface area (Å²) in [6.07, 6.45) is 8.75. The predicted molar refractivity (Wildman–Crippen MR) is 177 cm³/mol. The molecule has 1 saturated carbocycles. The minimum absolute atomic E-state index is 0.00447. The highest BCUT2D eigenvalue weighted by molar-refractivity contribution is 6.02. The fourth-order valence-electron chi connectivity index (χ4n) is 9.06. The molecule has 9 rings (SSSR count). The van der Waals surface area contributed by atoms with E-state index in [0.717, 1.165) is 63.3 Å². The number of benzene rings is 3. The summed E-state index contributed by atoms with van der Waals surface area (Å²) in [6.45, 7) is 2.50. The molecule has 4 atom stereocenters. The number of nitrogens with one attached hydrogen (secondary N) is 1. The van der Waals surface area contributed by atoms with Gasteiger partial charge < -0.3 is 24.8 Å². The Morgan fingerprint density at radius 3 is 2.35 bits per heavy atom. The molecule has 0 spiro atoms. The van der Waals surface area contributed by atoms with Crippen molar-refractivity contribution in [1.29, 1.82) is 0 Å². The van der Waals surface area contributed by atoms with Crippen LogP contribution in [0.1, 0.15) is 51.4 Å². The van der Waals surface area contributed by atoms with Crippen LogP contribution in [0.15, 0.2) is 30.3 Å². The van der Waals surface area contributed by atoms with E-state index in [-0.39, 0.29) is 56.5 Å². The number of aromatic nitrogens is 2. The van der Waals surface area contributed by atoms with Crippen LogP contribution >= 0.6 is 0 Å². The number of rotatable bonds is 8. The quantitative estimate of drug-likeness (QED) is 0.206. The van der Waals surface area contributed by atoms with Crippen LogP contribution in [0.5, 0.6) is 11.8 Å². The van der Waals surface area contributed by atoms with Crippen molar-refractivity contribution in [3.05, 3.63) is 53.6 Å². The predicted octanol–water partition coefficient (Wildman–Crippen LogP) is 6.45. The van der Waals surface area contributed by atoms with Crippen LogP contribution in [0, 0.1) is 28.7 Å². The largest absolute Gasteiger partial charge is 0.508 e. The molecule has 4 aromatic rings. The summed E-state index contributed by atoms with van der Waals surface area (Å²) < 4.78 is 74.6. The summed E-state index contributed by atoms with van der Waals surface area (Å²) in [4.78, 5) is 14.0. The Hall–Kier alpha value is -3.74. The summed E-state index contributed by atoms with van der Waals surface area (Å²) in [5.41, 5.74) is -1.15. The summed E-state index contributed by atoms with van der Waals surface area (Å²) in [7, 11) is 1.79. The topological polar surface area (TPSA) is 83.0 Å². The normalized spacial score (nSPS) is 27.4. The molecular weight excluding hydrogens is 638 g/mol. The zero-order valence-electron chi connectivity index (χ0n) is 27.3. The van der Waals surface area contributed by atoms with E-state index in [4.69, 9.17) is 14.5 Å². The van der Waals surface area contributed by atoms with E-state index in [1.54, 1.807) is 7.11 Å². The number of piperidine rings is 1. The number of methoxy groups -OCH3 is 1. The number of anilines is 1. The molecule has 49 heavy (non-hydrogen) atoms. The van der Waals surface area contributed by atoms with Crippen molar-refractivity contribution in [3.8, 4) is 22.9 Å².